The third kappa shape index (κ3) is 3.05. The fourth-order valence-corrected chi connectivity index (χ4v) is 2.78. The number of benzene rings is 1. The Kier molecular flexibility index (Phi) is 4.28. The maximum atomic E-state index is 5.44. The van der Waals surface area contributed by atoms with Crippen molar-refractivity contribution < 1.29 is 4.74 Å². The molecule has 1 N–H and O–H groups in total. The summed E-state index contributed by atoms with van der Waals surface area (Å²) in [6, 6.07) is 5.06. The molecule has 2 rings (SSSR count). The lowest BCUT2D eigenvalue weighted by Crippen LogP contribution is -2.21. The fraction of sp³-hybridized carbons (Fsp3) is 0.625. The van der Waals surface area contributed by atoms with Gasteiger partial charge in [-0.1, -0.05) is 31.9 Å². The van der Waals surface area contributed by atoms with Crippen LogP contribution in [0.4, 0.5) is 0 Å². The number of nitrogens with one attached hydrogen (secondary N) is 1. The normalized spacial score (nSPS) is 16.7. The van der Waals surface area contributed by atoms with Crippen LogP contribution in [-0.2, 0) is 0 Å². The molecule has 0 heterocycles. The smallest absolute Gasteiger partial charge is 0.124 e. The van der Waals surface area contributed by atoms with E-state index in [1.165, 1.54) is 36.0 Å². The summed E-state index contributed by atoms with van der Waals surface area (Å²) in [7, 11) is 1.75. The lowest BCUT2D eigenvalue weighted by molar-refractivity contribution is 0.407. The summed E-state index contributed by atoms with van der Waals surface area (Å²) in [5, 5.41) is 3.62. The Bertz CT molecular complexity index is 387. The van der Waals surface area contributed by atoms with E-state index in [4.69, 9.17) is 4.74 Å². The molecule has 2 nitrogen and oxygen atoms in total. The number of hydrogen-bond donors (Lipinski definition) is 1. The summed E-state index contributed by atoms with van der Waals surface area (Å²) in [5.41, 5.74) is 3.90. The molecule has 1 aliphatic rings. The Labute approximate surface area is 111 Å². The number of methoxy groups -OCH3 is 1. The minimum Gasteiger partial charge on any atom is -0.496 e. The van der Waals surface area contributed by atoms with E-state index in [2.05, 4.69) is 38.2 Å². The van der Waals surface area contributed by atoms with Crippen molar-refractivity contribution in [2.45, 2.75) is 46.1 Å². The highest BCUT2D eigenvalue weighted by atomic mass is 16.5. The minimum absolute atomic E-state index is 0.505. The topological polar surface area (TPSA) is 21.3 Å². The van der Waals surface area contributed by atoms with E-state index in [-0.39, 0.29) is 0 Å². The largest absolute Gasteiger partial charge is 0.496 e. The van der Waals surface area contributed by atoms with Gasteiger partial charge in [0.2, 0.25) is 0 Å². The van der Waals surface area contributed by atoms with Gasteiger partial charge in [-0.25, -0.2) is 0 Å². The molecule has 2 heteroatoms. The van der Waals surface area contributed by atoms with Crippen LogP contribution < -0.4 is 10.1 Å². The van der Waals surface area contributed by atoms with Crippen molar-refractivity contribution in [1.82, 2.24) is 5.32 Å². The molecule has 0 aliphatic heterocycles. The minimum atomic E-state index is 0.505. The Morgan fingerprint density at radius 3 is 2.33 bits per heavy atom. The quantitative estimate of drug-likeness (QED) is 0.826. The predicted octanol–water partition coefficient (Wildman–Crippen LogP) is 3.76. The first-order valence-corrected chi connectivity index (χ1v) is 7.04. The highest BCUT2D eigenvalue weighted by molar-refractivity contribution is 5.44. The van der Waals surface area contributed by atoms with Crippen molar-refractivity contribution in [3.8, 4) is 5.75 Å². The molecule has 1 saturated carbocycles. The van der Waals surface area contributed by atoms with Crippen molar-refractivity contribution in [1.29, 1.82) is 0 Å². The van der Waals surface area contributed by atoms with Gasteiger partial charge in [0.05, 0.1) is 7.11 Å². The summed E-state index contributed by atoms with van der Waals surface area (Å²) in [4.78, 5) is 0. The van der Waals surface area contributed by atoms with Crippen LogP contribution in [0.15, 0.2) is 12.1 Å². The van der Waals surface area contributed by atoms with Gasteiger partial charge in [0, 0.05) is 6.04 Å². The summed E-state index contributed by atoms with van der Waals surface area (Å²) in [6.07, 6.45) is 4.10. The Hall–Kier alpha value is -1.02. The standard InChI is InChI=1S/C16H25NO/c1-5-17-15(10-13-6-7-13)14-8-11(2)16(18-4)12(3)9-14/h8-9,13,15,17H,5-7,10H2,1-4H3. The average Bonchev–Trinajstić information content (AvgIpc) is 3.12. The molecular formula is C16H25NO. The highest BCUT2D eigenvalue weighted by Gasteiger charge is 2.26. The molecule has 1 atom stereocenters. The van der Waals surface area contributed by atoms with Gasteiger partial charge in [0.25, 0.3) is 0 Å². The molecule has 1 aromatic rings. The van der Waals surface area contributed by atoms with Gasteiger partial charge in [-0.05, 0) is 49.4 Å². The zero-order valence-corrected chi connectivity index (χ0v) is 12.0. The van der Waals surface area contributed by atoms with Gasteiger partial charge >= 0.3 is 0 Å². The SMILES string of the molecule is CCNC(CC1CC1)c1cc(C)c(OC)c(C)c1. The maximum Gasteiger partial charge on any atom is 0.124 e. The molecule has 0 radical (unpaired) electrons. The zero-order valence-electron chi connectivity index (χ0n) is 12.0. The van der Waals surface area contributed by atoms with Gasteiger partial charge in [0.15, 0.2) is 0 Å². The van der Waals surface area contributed by atoms with Crippen molar-refractivity contribution in [3.63, 3.8) is 0 Å². The van der Waals surface area contributed by atoms with Crippen molar-refractivity contribution in [2.24, 2.45) is 5.92 Å². The molecule has 18 heavy (non-hydrogen) atoms. The lowest BCUT2D eigenvalue weighted by atomic mass is 9.96. The van der Waals surface area contributed by atoms with Crippen LogP contribution in [0.5, 0.6) is 5.75 Å². The molecule has 0 bridgehead atoms. The molecule has 100 valence electrons. The number of ether oxygens (including phenoxy) is 1. The van der Waals surface area contributed by atoms with Crippen molar-refractivity contribution in [3.05, 3.63) is 28.8 Å². The van der Waals surface area contributed by atoms with Crippen LogP contribution >= 0.6 is 0 Å². The molecule has 0 spiro atoms. The second-order valence-corrected chi connectivity index (χ2v) is 5.48. The van der Waals surface area contributed by atoms with E-state index in [0.717, 1.165) is 18.2 Å². The van der Waals surface area contributed by atoms with Crippen LogP contribution in [0.1, 0.15) is 48.9 Å². The van der Waals surface area contributed by atoms with E-state index in [1.54, 1.807) is 7.11 Å². The van der Waals surface area contributed by atoms with Gasteiger partial charge in [-0.15, -0.1) is 0 Å². The first-order valence-electron chi connectivity index (χ1n) is 7.04. The maximum absolute atomic E-state index is 5.44. The average molecular weight is 247 g/mol. The van der Waals surface area contributed by atoms with Crippen LogP contribution in [0.25, 0.3) is 0 Å². The van der Waals surface area contributed by atoms with E-state index < -0.39 is 0 Å². The second-order valence-electron chi connectivity index (χ2n) is 5.48. The van der Waals surface area contributed by atoms with Gasteiger partial charge in [-0.2, -0.15) is 0 Å². The summed E-state index contributed by atoms with van der Waals surface area (Å²) < 4.78 is 5.44. The number of rotatable bonds is 6. The molecule has 0 saturated heterocycles. The summed E-state index contributed by atoms with van der Waals surface area (Å²) >= 11 is 0. The van der Waals surface area contributed by atoms with E-state index >= 15 is 0 Å². The van der Waals surface area contributed by atoms with Crippen LogP contribution in [-0.4, -0.2) is 13.7 Å². The van der Waals surface area contributed by atoms with E-state index in [1.807, 2.05) is 0 Å². The number of aryl methyl sites for hydroxylation is 2. The van der Waals surface area contributed by atoms with E-state index in [0.29, 0.717) is 6.04 Å². The summed E-state index contributed by atoms with van der Waals surface area (Å²) in [5.74, 6) is 1.97. The third-order valence-corrected chi connectivity index (χ3v) is 3.81. The molecule has 0 aromatic heterocycles. The van der Waals surface area contributed by atoms with Gasteiger partial charge in [-0.3, -0.25) is 0 Å². The Balaban J connectivity index is 2.22. The molecule has 1 unspecified atom stereocenters. The van der Waals surface area contributed by atoms with Crippen LogP contribution in [0, 0.1) is 19.8 Å². The Morgan fingerprint density at radius 2 is 1.89 bits per heavy atom. The molecular weight excluding hydrogens is 222 g/mol. The zero-order chi connectivity index (χ0) is 13.1. The second kappa shape index (κ2) is 5.75. The first-order chi connectivity index (χ1) is 8.65. The van der Waals surface area contributed by atoms with Gasteiger partial charge < -0.3 is 10.1 Å². The molecule has 1 fully saturated rings. The molecule has 0 amide bonds. The Morgan fingerprint density at radius 1 is 1.28 bits per heavy atom. The lowest BCUT2D eigenvalue weighted by Gasteiger charge is -2.20. The molecule has 1 aromatic carbocycles. The fourth-order valence-electron chi connectivity index (χ4n) is 2.78. The van der Waals surface area contributed by atoms with E-state index in [9.17, 15) is 0 Å². The number of hydrogen-bond acceptors (Lipinski definition) is 2. The predicted molar refractivity (Wildman–Crippen MR) is 76.2 cm³/mol. The van der Waals surface area contributed by atoms with Gasteiger partial charge in [0.1, 0.15) is 5.75 Å². The van der Waals surface area contributed by atoms with Crippen LogP contribution in [0.3, 0.4) is 0 Å². The highest BCUT2D eigenvalue weighted by Crippen LogP contribution is 2.38. The van der Waals surface area contributed by atoms with Crippen molar-refractivity contribution >= 4 is 0 Å². The molecule has 1 aliphatic carbocycles. The first kappa shape index (κ1) is 13.4. The van der Waals surface area contributed by atoms with Crippen molar-refractivity contribution in [2.75, 3.05) is 13.7 Å². The monoisotopic (exact) mass is 247 g/mol. The summed E-state index contributed by atoms with van der Waals surface area (Å²) in [6.45, 7) is 7.48. The van der Waals surface area contributed by atoms with Crippen LogP contribution in [0.2, 0.25) is 0 Å². The third-order valence-electron chi connectivity index (χ3n) is 3.81.